The molecule has 6 nitrogen and oxygen atoms in total. The molecule has 124 valence electrons. The molecule has 2 aromatic heterocycles. The predicted octanol–water partition coefficient (Wildman–Crippen LogP) is 2.13. The minimum Gasteiger partial charge on any atom is -0.376 e. The summed E-state index contributed by atoms with van der Waals surface area (Å²) in [5.74, 6) is 0.936. The van der Waals surface area contributed by atoms with E-state index in [4.69, 9.17) is 4.74 Å². The molecule has 2 aliphatic rings. The number of hydrogen-bond donors (Lipinski definition) is 0. The lowest BCUT2D eigenvalue weighted by molar-refractivity contribution is 0.00509. The molecule has 1 atom stereocenters. The van der Waals surface area contributed by atoms with Gasteiger partial charge in [-0.2, -0.15) is 0 Å². The van der Waals surface area contributed by atoms with Gasteiger partial charge in [-0.05, 0) is 46.0 Å². The molecule has 0 bridgehead atoms. The SMILES string of the molecule is Cc1c(C)n2c(C3(C)CC3)nnc2c(=O)n1C[C@H]1CCCCO1. The maximum Gasteiger partial charge on any atom is 0.296 e. The van der Waals surface area contributed by atoms with Gasteiger partial charge >= 0.3 is 0 Å². The molecule has 1 aliphatic carbocycles. The van der Waals surface area contributed by atoms with Crippen LogP contribution < -0.4 is 5.56 Å². The number of rotatable bonds is 3. The minimum atomic E-state index is -0.0507. The zero-order valence-corrected chi connectivity index (χ0v) is 14.1. The first kappa shape index (κ1) is 14.9. The lowest BCUT2D eigenvalue weighted by Crippen LogP contribution is -2.34. The molecular weight excluding hydrogens is 292 g/mol. The topological polar surface area (TPSA) is 61.4 Å². The summed E-state index contributed by atoms with van der Waals surface area (Å²) in [5.41, 5.74) is 2.53. The van der Waals surface area contributed by atoms with Crippen molar-refractivity contribution in [3.05, 3.63) is 27.6 Å². The molecular formula is C17H24N4O2. The highest BCUT2D eigenvalue weighted by molar-refractivity contribution is 5.41. The molecule has 0 spiro atoms. The molecule has 1 saturated carbocycles. The van der Waals surface area contributed by atoms with Crippen molar-refractivity contribution in [1.29, 1.82) is 0 Å². The van der Waals surface area contributed by atoms with Crippen LogP contribution in [0.3, 0.4) is 0 Å². The predicted molar refractivity (Wildman–Crippen MR) is 86.9 cm³/mol. The highest BCUT2D eigenvalue weighted by Crippen LogP contribution is 2.46. The second kappa shape index (κ2) is 5.16. The van der Waals surface area contributed by atoms with Crippen LogP contribution in [-0.4, -0.2) is 31.9 Å². The van der Waals surface area contributed by atoms with Crippen molar-refractivity contribution in [3.63, 3.8) is 0 Å². The number of hydrogen-bond acceptors (Lipinski definition) is 4. The van der Waals surface area contributed by atoms with Crippen LogP contribution in [0.5, 0.6) is 0 Å². The summed E-state index contributed by atoms with van der Waals surface area (Å²) in [4.78, 5) is 12.9. The largest absolute Gasteiger partial charge is 0.376 e. The van der Waals surface area contributed by atoms with E-state index in [2.05, 4.69) is 24.0 Å². The Morgan fingerprint density at radius 3 is 2.65 bits per heavy atom. The van der Waals surface area contributed by atoms with Gasteiger partial charge in [-0.15, -0.1) is 10.2 Å². The second-order valence-corrected chi connectivity index (χ2v) is 7.32. The molecule has 0 radical (unpaired) electrons. The van der Waals surface area contributed by atoms with Crippen molar-refractivity contribution < 1.29 is 4.74 Å². The molecule has 3 heterocycles. The van der Waals surface area contributed by atoms with Gasteiger partial charge in [0.2, 0.25) is 5.65 Å². The molecule has 6 heteroatoms. The van der Waals surface area contributed by atoms with Gasteiger partial charge in [0.05, 0.1) is 12.6 Å². The Hall–Kier alpha value is -1.69. The zero-order chi connectivity index (χ0) is 16.2. The van der Waals surface area contributed by atoms with Gasteiger partial charge in [-0.3, -0.25) is 9.20 Å². The first-order valence-electron chi connectivity index (χ1n) is 8.58. The quantitative estimate of drug-likeness (QED) is 0.870. The van der Waals surface area contributed by atoms with E-state index in [9.17, 15) is 4.79 Å². The Morgan fingerprint density at radius 2 is 2.00 bits per heavy atom. The maximum absolute atomic E-state index is 12.9. The van der Waals surface area contributed by atoms with Gasteiger partial charge in [0.15, 0.2) is 0 Å². The standard InChI is InChI=1S/C17H24N4O2/c1-11-12(2)21-14(18-19-16(21)17(3)7-8-17)15(22)20(11)10-13-6-4-5-9-23-13/h13H,4-10H2,1-3H3/t13-/m1/s1. The summed E-state index contributed by atoms with van der Waals surface area (Å²) in [6.07, 6.45) is 5.68. The fourth-order valence-electron chi connectivity index (χ4n) is 3.55. The van der Waals surface area contributed by atoms with Crippen molar-refractivity contribution in [1.82, 2.24) is 19.2 Å². The van der Waals surface area contributed by atoms with Gasteiger partial charge in [0.1, 0.15) is 5.82 Å². The number of aryl methyl sites for hydroxylation is 1. The maximum atomic E-state index is 12.9. The third kappa shape index (κ3) is 2.31. The Balaban J connectivity index is 1.82. The lowest BCUT2D eigenvalue weighted by Gasteiger charge is -2.25. The van der Waals surface area contributed by atoms with Crippen LogP contribution in [0.25, 0.3) is 5.65 Å². The van der Waals surface area contributed by atoms with Crippen LogP contribution in [0, 0.1) is 13.8 Å². The van der Waals surface area contributed by atoms with E-state index in [0.717, 1.165) is 49.5 Å². The summed E-state index contributed by atoms with van der Waals surface area (Å²) < 4.78 is 9.61. The van der Waals surface area contributed by atoms with E-state index < -0.39 is 0 Å². The van der Waals surface area contributed by atoms with Crippen LogP contribution in [0.15, 0.2) is 4.79 Å². The molecule has 2 aromatic rings. The number of aromatic nitrogens is 4. The Morgan fingerprint density at radius 1 is 1.22 bits per heavy atom. The first-order chi connectivity index (χ1) is 11.0. The van der Waals surface area contributed by atoms with Crippen molar-refractivity contribution >= 4 is 5.65 Å². The van der Waals surface area contributed by atoms with Crippen LogP contribution in [0.4, 0.5) is 0 Å². The Kier molecular flexibility index (Phi) is 3.34. The molecule has 0 N–H and O–H groups in total. The molecule has 1 aliphatic heterocycles. The summed E-state index contributed by atoms with van der Waals surface area (Å²) in [6, 6.07) is 0. The summed E-state index contributed by atoms with van der Waals surface area (Å²) >= 11 is 0. The van der Waals surface area contributed by atoms with E-state index in [-0.39, 0.29) is 17.1 Å². The summed E-state index contributed by atoms with van der Waals surface area (Å²) in [5, 5.41) is 8.57. The van der Waals surface area contributed by atoms with Gasteiger partial charge in [0, 0.05) is 23.4 Å². The molecule has 4 rings (SSSR count). The fourth-order valence-corrected chi connectivity index (χ4v) is 3.55. The second-order valence-electron chi connectivity index (χ2n) is 7.32. The minimum absolute atomic E-state index is 0.0507. The average molecular weight is 316 g/mol. The van der Waals surface area contributed by atoms with E-state index >= 15 is 0 Å². The fraction of sp³-hybridized carbons (Fsp3) is 0.706. The number of ether oxygens (including phenoxy) is 1. The normalized spacial score (nSPS) is 23.3. The van der Waals surface area contributed by atoms with E-state index in [1.54, 1.807) is 0 Å². The lowest BCUT2D eigenvalue weighted by atomic mass is 10.1. The third-order valence-corrected chi connectivity index (χ3v) is 5.56. The van der Waals surface area contributed by atoms with E-state index in [1.807, 2.05) is 15.9 Å². The van der Waals surface area contributed by atoms with Gasteiger partial charge in [0.25, 0.3) is 5.56 Å². The van der Waals surface area contributed by atoms with E-state index in [1.165, 1.54) is 6.42 Å². The van der Waals surface area contributed by atoms with Crippen molar-refractivity contribution in [3.8, 4) is 0 Å². The van der Waals surface area contributed by atoms with Gasteiger partial charge < -0.3 is 9.30 Å². The summed E-state index contributed by atoms with van der Waals surface area (Å²) in [6.45, 7) is 7.67. The zero-order valence-electron chi connectivity index (χ0n) is 14.1. The highest BCUT2D eigenvalue weighted by atomic mass is 16.5. The molecule has 0 amide bonds. The van der Waals surface area contributed by atoms with Gasteiger partial charge in [-0.25, -0.2) is 0 Å². The smallest absolute Gasteiger partial charge is 0.296 e. The Labute approximate surface area is 135 Å². The van der Waals surface area contributed by atoms with Crippen LogP contribution in [-0.2, 0) is 16.7 Å². The van der Waals surface area contributed by atoms with Crippen LogP contribution >= 0.6 is 0 Å². The number of nitrogens with zero attached hydrogens (tertiary/aromatic N) is 4. The Bertz CT molecular complexity index is 810. The average Bonchev–Trinajstić information content (AvgIpc) is 3.13. The summed E-state index contributed by atoms with van der Waals surface area (Å²) in [7, 11) is 0. The molecule has 1 saturated heterocycles. The number of fused-ring (bicyclic) bond motifs is 1. The third-order valence-electron chi connectivity index (χ3n) is 5.56. The van der Waals surface area contributed by atoms with Crippen molar-refractivity contribution in [2.45, 2.75) is 70.9 Å². The molecule has 0 unspecified atom stereocenters. The molecule has 2 fully saturated rings. The van der Waals surface area contributed by atoms with Gasteiger partial charge in [-0.1, -0.05) is 6.92 Å². The molecule has 23 heavy (non-hydrogen) atoms. The van der Waals surface area contributed by atoms with E-state index in [0.29, 0.717) is 12.2 Å². The monoisotopic (exact) mass is 316 g/mol. The van der Waals surface area contributed by atoms with Crippen LogP contribution in [0.1, 0.15) is 56.2 Å². The molecule has 0 aromatic carbocycles. The highest BCUT2D eigenvalue weighted by Gasteiger charge is 2.44. The first-order valence-corrected chi connectivity index (χ1v) is 8.58. The van der Waals surface area contributed by atoms with Crippen LogP contribution in [0.2, 0.25) is 0 Å². The van der Waals surface area contributed by atoms with Crippen molar-refractivity contribution in [2.24, 2.45) is 0 Å². The van der Waals surface area contributed by atoms with Crippen molar-refractivity contribution in [2.75, 3.05) is 6.61 Å².